The first kappa shape index (κ1) is 19.3. The van der Waals surface area contributed by atoms with Crippen LogP contribution in [0, 0.1) is 5.41 Å². The average molecular weight is 343 g/mol. The monoisotopic (exact) mass is 342 g/mol. The van der Waals surface area contributed by atoms with Crippen molar-refractivity contribution in [3.05, 3.63) is 23.2 Å². The van der Waals surface area contributed by atoms with E-state index < -0.39 is 17.4 Å². The van der Waals surface area contributed by atoms with Gasteiger partial charge >= 0.3 is 11.9 Å². The van der Waals surface area contributed by atoms with Crippen LogP contribution in [0.2, 0.25) is 5.02 Å². The minimum Gasteiger partial charge on any atom is -0.493 e. The van der Waals surface area contributed by atoms with Crippen LogP contribution in [0.1, 0.15) is 40.0 Å². The highest BCUT2D eigenvalue weighted by atomic mass is 35.5. The van der Waals surface area contributed by atoms with E-state index in [0.29, 0.717) is 30.0 Å². The van der Waals surface area contributed by atoms with E-state index in [-0.39, 0.29) is 12.4 Å². The molecule has 0 aliphatic rings. The van der Waals surface area contributed by atoms with Crippen LogP contribution in [0.4, 0.5) is 0 Å². The van der Waals surface area contributed by atoms with Crippen LogP contribution < -0.4 is 9.47 Å². The number of hydrogen-bond donors (Lipinski definition) is 0. The zero-order chi connectivity index (χ0) is 17.5. The van der Waals surface area contributed by atoms with Gasteiger partial charge in [-0.25, -0.2) is 0 Å². The second-order valence-corrected chi connectivity index (χ2v) is 5.55. The molecular weight excluding hydrogens is 320 g/mol. The molecule has 0 aromatic heterocycles. The van der Waals surface area contributed by atoms with Crippen molar-refractivity contribution in [1.29, 1.82) is 0 Å². The number of hydrogen-bond acceptors (Lipinski definition) is 5. The first-order valence-electron chi connectivity index (χ1n) is 7.68. The molecule has 0 aliphatic heterocycles. The largest absolute Gasteiger partial charge is 0.493 e. The summed E-state index contributed by atoms with van der Waals surface area (Å²) in [6.07, 6.45) is 1.27. The molecule has 0 aliphatic carbocycles. The summed E-state index contributed by atoms with van der Waals surface area (Å²) in [5.74, 6) is -0.656. The van der Waals surface area contributed by atoms with Crippen LogP contribution in [0.25, 0.3) is 0 Å². The van der Waals surface area contributed by atoms with E-state index in [0.717, 1.165) is 0 Å². The molecule has 1 aromatic carbocycles. The van der Waals surface area contributed by atoms with Crippen LogP contribution >= 0.6 is 11.6 Å². The summed E-state index contributed by atoms with van der Waals surface area (Å²) < 4.78 is 15.8. The zero-order valence-electron chi connectivity index (χ0n) is 14.0. The number of halogens is 1. The number of rotatable bonds is 8. The van der Waals surface area contributed by atoms with Crippen molar-refractivity contribution in [1.82, 2.24) is 0 Å². The molecule has 0 unspecified atom stereocenters. The normalized spacial score (nSPS) is 11.0. The molecule has 0 radical (unpaired) electrons. The van der Waals surface area contributed by atoms with Gasteiger partial charge in [-0.2, -0.15) is 0 Å². The standard InChI is InChI=1S/C17H23ClO5/c1-5-10-22-15(19)17(6-2,7-3)16(20)23-13-9-8-12(18)11-14(13)21-4/h8-9,11H,5-7,10H2,1-4H3. The molecule has 0 heterocycles. The number of carbonyl (C=O) groups excluding carboxylic acids is 2. The van der Waals surface area contributed by atoms with E-state index in [4.69, 9.17) is 25.8 Å². The van der Waals surface area contributed by atoms with Crippen molar-refractivity contribution >= 4 is 23.5 Å². The Morgan fingerprint density at radius 3 is 2.26 bits per heavy atom. The van der Waals surface area contributed by atoms with Gasteiger partial charge in [0.25, 0.3) is 0 Å². The molecule has 0 saturated heterocycles. The minimum absolute atomic E-state index is 0.219. The Morgan fingerprint density at radius 1 is 1.09 bits per heavy atom. The van der Waals surface area contributed by atoms with Gasteiger partial charge in [0, 0.05) is 11.1 Å². The van der Waals surface area contributed by atoms with Gasteiger partial charge in [-0.05, 0) is 31.4 Å². The molecule has 0 spiro atoms. The fraction of sp³-hybridized carbons (Fsp3) is 0.529. The lowest BCUT2D eigenvalue weighted by molar-refractivity contribution is -0.168. The zero-order valence-corrected chi connectivity index (χ0v) is 14.7. The van der Waals surface area contributed by atoms with Crippen molar-refractivity contribution < 1.29 is 23.8 Å². The van der Waals surface area contributed by atoms with E-state index in [1.165, 1.54) is 13.2 Å². The third-order valence-electron chi connectivity index (χ3n) is 3.75. The van der Waals surface area contributed by atoms with Crippen molar-refractivity contribution in [2.45, 2.75) is 40.0 Å². The number of carbonyl (C=O) groups is 2. The number of esters is 2. The van der Waals surface area contributed by atoms with Crippen LogP contribution in [0.15, 0.2) is 18.2 Å². The van der Waals surface area contributed by atoms with Crippen molar-refractivity contribution in [2.75, 3.05) is 13.7 Å². The van der Waals surface area contributed by atoms with E-state index in [1.807, 2.05) is 6.92 Å². The van der Waals surface area contributed by atoms with E-state index in [1.54, 1.807) is 26.0 Å². The van der Waals surface area contributed by atoms with Gasteiger partial charge in [0.1, 0.15) is 0 Å². The van der Waals surface area contributed by atoms with E-state index >= 15 is 0 Å². The Morgan fingerprint density at radius 2 is 1.74 bits per heavy atom. The van der Waals surface area contributed by atoms with Crippen LogP contribution in [0.3, 0.4) is 0 Å². The third-order valence-corrected chi connectivity index (χ3v) is 3.99. The van der Waals surface area contributed by atoms with Crippen molar-refractivity contribution in [3.8, 4) is 11.5 Å². The predicted molar refractivity (Wildman–Crippen MR) is 87.9 cm³/mol. The highest BCUT2D eigenvalue weighted by molar-refractivity contribution is 6.30. The maximum absolute atomic E-state index is 12.6. The third kappa shape index (κ3) is 4.38. The molecule has 0 amide bonds. The van der Waals surface area contributed by atoms with Crippen molar-refractivity contribution in [3.63, 3.8) is 0 Å². The van der Waals surface area contributed by atoms with Crippen LogP contribution in [-0.4, -0.2) is 25.7 Å². The Hall–Kier alpha value is -1.75. The molecule has 23 heavy (non-hydrogen) atoms. The predicted octanol–water partition coefficient (Wildman–Crippen LogP) is 4.01. The number of ether oxygens (including phenoxy) is 3. The first-order chi connectivity index (χ1) is 10.9. The Labute approximate surface area is 141 Å². The van der Waals surface area contributed by atoms with Gasteiger partial charge in [0.2, 0.25) is 0 Å². The molecule has 0 fully saturated rings. The summed E-state index contributed by atoms with van der Waals surface area (Å²) >= 11 is 5.89. The van der Waals surface area contributed by atoms with Crippen molar-refractivity contribution in [2.24, 2.45) is 5.41 Å². The number of benzene rings is 1. The van der Waals surface area contributed by atoms with Gasteiger partial charge in [-0.15, -0.1) is 0 Å². The minimum atomic E-state index is -1.32. The molecule has 0 N–H and O–H groups in total. The summed E-state index contributed by atoms with van der Waals surface area (Å²) in [6, 6.07) is 4.66. The molecule has 0 bridgehead atoms. The fourth-order valence-electron chi connectivity index (χ4n) is 2.17. The topological polar surface area (TPSA) is 61.8 Å². The lowest BCUT2D eigenvalue weighted by atomic mass is 9.82. The highest BCUT2D eigenvalue weighted by Crippen LogP contribution is 2.35. The molecule has 6 heteroatoms. The molecule has 1 rings (SSSR count). The second kappa shape index (κ2) is 8.77. The van der Waals surface area contributed by atoms with E-state index in [9.17, 15) is 9.59 Å². The molecule has 128 valence electrons. The van der Waals surface area contributed by atoms with E-state index in [2.05, 4.69) is 0 Å². The Bertz CT molecular complexity index is 552. The van der Waals surface area contributed by atoms with Gasteiger partial charge in [-0.3, -0.25) is 9.59 Å². The Kier molecular flexibility index (Phi) is 7.36. The van der Waals surface area contributed by atoms with Gasteiger partial charge in [0.15, 0.2) is 16.9 Å². The second-order valence-electron chi connectivity index (χ2n) is 5.11. The smallest absolute Gasteiger partial charge is 0.328 e. The average Bonchev–Trinajstić information content (AvgIpc) is 2.56. The SMILES string of the molecule is CCCOC(=O)C(CC)(CC)C(=O)Oc1ccc(Cl)cc1OC. The van der Waals surface area contributed by atoms with Gasteiger partial charge < -0.3 is 14.2 Å². The molecule has 1 aromatic rings. The molecular formula is C17H23ClO5. The summed E-state index contributed by atoms with van der Waals surface area (Å²) in [7, 11) is 1.45. The van der Waals surface area contributed by atoms with Gasteiger partial charge in [-0.1, -0.05) is 32.4 Å². The summed E-state index contributed by atoms with van der Waals surface area (Å²) in [6.45, 7) is 5.69. The molecule has 0 saturated carbocycles. The quantitative estimate of drug-likeness (QED) is 0.406. The maximum Gasteiger partial charge on any atom is 0.328 e. The van der Waals surface area contributed by atoms with Gasteiger partial charge in [0.05, 0.1) is 13.7 Å². The Balaban J connectivity index is 3.05. The summed E-state index contributed by atoms with van der Waals surface area (Å²) in [5.41, 5.74) is -1.32. The van der Waals surface area contributed by atoms with Crippen LogP contribution in [-0.2, 0) is 14.3 Å². The maximum atomic E-state index is 12.6. The fourth-order valence-corrected chi connectivity index (χ4v) is 2.33. The summed E-state index contributed by atoms with van der Waals surface area (Å²) in [5, 5.41) is 0.459. The van der Waals surface area contributed by atoms with Crippen LogP contribution in [0.5, 0.6) is 11.5 Å². The summed E-state index contributed by atoms with van der Waals surface area (Å²) in [4.78, 5) is 25.0. The first-order valence-corrected chi connectivity index (χ1v) is 8.06. The number of methoxy groups -OCH3 is 1. The molecule has 5 nitrogen and oxygen atoms in total. The highest BCUT2D eigenvalue weighted by Gasteiger charge is 2.46. The molecule has 0 atom stereocenters. The lowest BCUT2D eigenvalue weighted by Gasteiger charge is -2.27. The lowest BCUT2D eigenvalue weighted by Crippen LogP contribution is -2.42.